The van der Waals surface area contributed by atoms with Gasteiger partial charge in [-0.25, -0.2) is 4.98 Å². The highest BCUT2D eigenvalue weighted by molar-refractivity contribution is 5.96. The molecule has 1 saturated carbocycles. The van der Waals surface area contributed by atoms with Crippen LogP contribution in [-0.4, -0.2) is 23.5 Å². The summed E-state index contributed by atoms with van der Waals surface area (Å²) in [5, 5.41) is 2.87. The number of nitrogens with one attached hydrogen (secondary N) is 1. The van der Waals surface area contributed by atoms with E-state index in [4.69, 9.17) is 4.74 Å². The molecule has 0 aliphatic heterocycles. The highest BCUT2D eigenvalue weighted by Gasteiger charge is 2.35. The third kappa shape index (κ3) is 4.36. The summed E-state index contributed by atoms with van der Waals surface area (Å²) in [4.78, 5) is 15.8. The molecule has 1 fully saturated rings. The van der Waals surface area contributed by atoms with Gasteiger partial charge in [-0.3, -0.25) is 4.79 Å². The first-order valence-corrected chi connectivity index (χ1v) is 7.64. The molecule has 1 aliphatic carbocycles. The minimum Gasteiger partial charge on any atom is -0.477 e. The lowest BCUT2D eigenvalue weighted by Crippen LogP contribution is -2.34. The zero-order chi connectivity index (χ0) is 17.3. The van der Waals surface area contributed by atoms with Crippen LogP contribution in [0.5, 0.6) is 5.88 Å². The third-order valence-corrected chi connectivity index (χ3v) is 3.98. The first-order valence-electron chi connectivity index (χ1n) is 7.64. The molecule has 2 rings (SSSR count). The Bertz CT molecular complexity index is 585. The van der Waals surface area contributed by atoms with E-state index in [0.29, 0.717) is 0 Å². The molecule has 1 aromatic rings. The minimum absolute atomic E-state index is 0.0225. The summed E-state index contributed by atoms with van der Waals surface area (Å²) in [6.45, 7) is 6.02. The number of carbonyl (C=O) groups excluding carboxylic acids is 1. The Kier molecular flexibility index (Phi) is 4.87. The van der Waals surface area contributed by atoms with E-state index in [2.05, 4.69) is 24.1 Å². The van der Waals surface area contributed by atoms with Gasteiger partial charge >= 0.3 is 6.18 Å². The molecule has 1 aliphatic rings. The first kappa shape index (κ1) is 17.6. The van der Waals surface area contributed by atoms with Crippen molar-refractivity contribution in [2.75, 3.05) is 6.61 Å². The van der Waals surface area contributed by atoms with Gasteiger partial charge in [-0.2, -0.15) is 13.2 Å². The number of amides is 1. The second-order valence-electron chi connectivity index (χ2n) is 6.56. The molecule has 1 heterocycles. The molecular formula is C16H21F3N2O2. The summed E-state index contributed by atoms with van der Waals surface area (Å²) >= 11 is 0. The molecule has 1 aromatic heterocycles. The topological polar surface area (TPSA) is 51.2 Å². The van der Waals surface area contributed by atoms with Crippen molar-refractivity contribution < 1.29 is 22.7 Å². The van der Waals surface area contributed by atoms with Gasteiger partial charge in [0.25, 0.3) is 5.91 Å². The summed E-state index contributed by atoms with van der Waals surface area (Å²) in [5.41, 5.74) is -0.872. The Morgan fingerprint density at radius 3 is 2.65 bits per heavy atom. The van der Waals surface area contributed by atoms with E-state index >= 15 is 0 Å². The van der Waals surface area contributed by atoms with Crippen molar-refractivity contribution >= 4 is 5.91 Å². The molecule has 0 bridgehead atoms. The number of rotatable bonds is 4. The van der Waals surface area contributed by atoms with Crippen molar-refractivity contribution in [3.05, 3.63) is 23.4 Å². The Labute approximate surface area is 133 Å². The number of hydrogen-bond donors (Lipinski definition) is 1. The SMILES string of the molecule is CCOc1nc(C(F)(F)F)ccc1C(=O)NC1CCC(C)(C)C1. The highest BCUT2D eigenvalue weighted by atomic mass is 19.4. The van der Waals surface area contributed by atoms with Crippen LogP contribution in [0.1, 0.15) is 56.1 Å². The van der Waals surface area contributed by atoms with E-state index < -0.39 is 17.8 Å². The van der Waals surface area contributed by atoms with Crippen molar-refractivity contribution in [1.82, 2.24) is 10.3 Å². The van der Waals surface area contributed by atoms with Crippen molar-refractivity contribution in [3.63, 3.8) is 0 Å². The normalized spacial score (nSPS) is 20.3. The number of halogens is 3. The zero-order valence-electron chi connectivity index (χ0n) is 13.5. The molecule has 1 atom stereocenters. The number of carbonyl (C=O) groups is 1. The third-order valence-electron chi connectivity index (χ3n) is 3.98. The smallest absolute Gasteiger partial charge is 0.433 e. The summed E-state index contributed by atoms with van der Waals surface area (Å²) in [7, 11) is 0. The van der Waals surface area contributed by atoms with Gasteiger partial charge in [0.2, 0.25) is 5.88 Å². The molecule has 128 valence electrons. The fourth-order valence-corrected chi connectivity index (χ4v) is 2.84. The lowest BCUT2D eigenvalue weighted by molar-refractivity contribution is -0.141. The van der Waals surface area contributed by atoms with Gasteiger partial charge in [0.05, 0.1) is 6.61 Å². The maximum atomic E-state index is 12.7. The molecule has 0 saturated heterocycles. The quantitative estimate of drug-likeness (QED) is 0.913. The van der Waals surface area contributed by atoms with E-state index in [-0.39, 0.29) is 29.5 Å². The molecule has 7 heteroatoms. The Morgan fingerprint density at radius 1 is 1.43 bits per heavy atom. The van der Waals surface area contributed by atoms with Crippen LogP contribution < -0.4 is 10.1 Å². The molecule has 0 spiro atoms. The van der Waals surface area contributed by atoms with E-state index in [1.54, 1.807) is 6.92 Å². The fourth-order valence-electron chi connectivity index (χ4n) is 2.84. The number of aromatic nitrogens is 1. The van der Waals surface area contributed by atoms with Gasteiger partial charge in [-0.05, 0) is 43.7 Å². The lowest BCUT2D eigenvalue weighted by Gasteiger charge is -2.18. The van der Waals surface area contributed by atoms with Crippen LogP contribution in [-0.2, 0) is 6.18 Å². The monoisotopic (exact) mass is 330 g/mol. The number of alkyl halides is 3. The molecule has 1 N–H and O–H groups in total. The summed E-state index contributed by atoms with van der Waals surface area (Å²) < 4.78 is 43.3. The van der Waals surface area contributed by atoms with Gasteiger partial charge in [0.15, 0.2) is 0 Å². The second-order valence-corrected chi connectivity index (χ2v) is 6.56. The highest BCUT2D eigenvalue weighted by Crippen LogP contribution is 2.37. The van der Waals surface area contributed by atoms with E-state index in [1.807, 2.05) is 0 Å². The number of hydrogen-bond acceptors (Lipinski definition) is 3. The Morgan fingerprint density at radius 2 is 2.13 bits per heavy atom. The molecule has 0 aromatic carbocycles. The molecule has 23 heavy (non-hydrogen) atoms. The van der Waals surface area contributed by atoms with Crippen LogP contribution in [0.15, 0.2) is 12.1 Å². The van der Waals surface area contributed by atoms with Crippen molar-refractivity contribution in [3.8, 4) is 5.88 Å². The van der Waals surface area contributed by atoms with Gasteiger partial charge in [-0.1, -0.05) is 13.8 Å². The van der Waals surface area contributed by atoms with Gasteiger partial charge in [0.1, 0.15) is 11.3 Å². The summed E-state index contributed by atoms with van der Waals surface area (Å²) in [6, 6.07) is 1.95. The van der Waals surface area contributed by atoms with Crippen LogP contribution in [0.4, 0.5) is 13.2 Å². The predicted molar refractivity (Wildman–Crippen MR) is 79.3 cm³/mol. The zero-order valence-corrected chi connectivity index (χ0v) is 13.5. The predicted octanol–water partition coefficient (Wildman–Crippen LogP) is 3.81. The number of ether oxygens (including phenoxy) is 1. The molecule has 0 radical (unpaired) electrons. The average molecular weight is 330 g/mol. The number of nitrogens with zero attached hydrogens (tertiary/aromatic N) is 1. The Hall–Kier alpha value is -1.79. The number of pyridine rings is 1. The van der Waals surface area contributed by atoms with E-state index in [0.717, 1.165) is 31.4 Å². The van der Waals surface area contributed by atoms with Crippen LogP contribution in [0.3, 0.4) is 0 Å². The lowest BCUT2D eigenvalue weighted by atomic mass is 9.92. The van der Waals surface area contributed by atoms with Crippen molar-refractivity contribution in [2.24, 2.45) is 5.41 Å². The minimum atomic E-state index is -4.57. The summed E-state index contributed by atoms with van der Waals surface area (Å²) in [6.07, 6.45) is -1.87. The first-order chi connectivity index (χ1) is 10.6. The molecule has 1 amide bonds. The second kappa shape index (κ2) is 6.37. The van der Waals surface area contributed by atoms with Gasteiger partial charge in [-0.15, -0.1) is 0 Å². The van der Waals surface area contributed by atoms with E-state index in [1.165, 1.54) is 0 Å². The standard InChI is InChI=1S/C16H21F3N2O2/c1-4-23-14-11(5-6-12(21-14)16(17,18)19)13(22)20-10-7-8-15(2,3)9-10/h5-6,10H,4,7-9H2,1-3H3,(H,20,22). The molecule has 4 nitrogen and oxygen atoms in total. The fraction of sp³-hybridized carbons (Fsp3) is 0.625. The molecular weight excluding hydrogens is 309 g/mol. The van der Waals surface area contributed by atoms with Crippen LogP contribution in [0.25, 0.3) is 0 Å². The van der Waals surface area contributed by atoms with Gasteiger partial charge in [0, 0.05) is 6.04 Å². The van der Waals surface area contributed by atoms with Gasteiger partial charge < -0.3 is 10.1 Å². The molecule has 1 unspecified atom stereocenters. The van der Waals surface area contributed by atoms with Crippen LogP contribution >= 0.6 is 0 Å². The van der Waals surface area contributed by atoms with E-state index in [9.17, 15) is 18.0 Å². The largest absolute Gasteiger partial charge is 0.477 e. The van der Waals surface area contributed by atoms with Crippen molar-refractivity contribution in [2.45, 2.75) is 52.3 Å². The maximum absolute atomic E-state index is 12.7. The summed E-state index contributed by atoms with van der Waals surface area (Å²) in [5.74, 6) is -0.727. The maximum Gasteiger partial charge on any atom is 0.433 e. The Balaban J connectivity index is 2.19. The van der Waals surface area contributed by atoms with Crippen LogP contribution in [0.2, 0.25) is 0 Å². The van der Waals surface area contributed by atoms with Crippen LogP contribution in [0, 0.1) is 5.41 Å². The van der Waals surface area contributed by atoms with Crippen molar-refractivity contribution in [1.29, 1.82) is 0 Å². The average Bonchev–Trinajstić information content (AvgIpc) is 2.77.